The van der Waals surface area contributed by atoms with Gasteiger partial charge < -0.3 is 9.26 Å². The minimum Gasteiger partial charge on any atom is -0.375 e. The molecular formula is C17H20FN3O2. The zero-order valence-corrected chi connectivity index (χ0v) is 12.9. The van der Waals surface area contributed by atoms with Crippen molar-refractivity contribution in [1.29, 1.82) is 0 Å². The van der Waals surface area contributed by atoms with E-state index in [2.05, 4.69) is 15.0 Å². The minimum atomic E-state index is -0.269. The summed E-state index contributed by atoms with van der Waals surface area (Å²) < 4.78 is 24.3. The first kappa shape index (κ1) is 14.8. The lowest BCUT2D eigenvalue weighted by molar-refractivity contribution is -0.0933. The van der Waals surface area contributed by atoms with E-state index in [0.717, 1.165) is 25.1 Å². The van der Waals surface area contributed by atoms with E-state index in [0.29, 0.717) is 30.4 Å². The topological polar surface area (TPSA) is 51.4 Å². The van der Waals surface area contributed by atoms with Crippen molar-refractivity contribution in [1.82, 2.24) is 15.0 Å². The number of halogens is 1. The first-order valence-corrected chi connectivity index (χ1v) is 8.24. The number of fused-ring (bicyclic) bond motifs is 1. The van der Waals surface area contributed by atoms with E-state index >= 15 is 0 Å². The Labute approximate surface area is 134 Å². The maximum Gasteiger partial charge on any atom is 0.241 e. The van der Waals surface area contributed by atoms with E-state index < -0.39 is 0 Å². The first-order valence-electron chi connectivity index (χ1n) is 8.24. The Morgan fingerprint density at radius 3 is 2.87 bits per heavy atom. The Morgan fingerprint density at radius 1 is 1.17 bits per heavy atom. The van der Waals surface area contributed by atoms with Crippen molar-refractivity contribution in [2.75, 3.05) is 13.2 Å². The number of aromatic nitrogens is 2. The minimum absolute atomic E-state index is 0.269. The van der Waals surface area contributed by atoms with Crippen molar-refractivity contribution >= 4 is 0 Å². The van der Waals surface area contributed by atoms with Crippen LogP contribution in [0.4, 0.5) is 4.39 Å². The molecule has 4 rings (SSSR count). The van der Waals surface area contributed by atoms with E-state index in [1.807, 2.05) is 0 Å². The van der Waals surface area contributed by atoms with Crippen molar-refractivity contribution in [2.45, 2.75) is 44.4 Å². The summed E-state index contributed by atoms with van der Waals surface area (Å²) in [6.07, 6.45) is 5.17. The van der Waals surface area contributed by atoms with Gasteiger partial charge in [0, 0.05) is 18.2 Å². The summed E-state index contributed by atoms with van der Waals surface area (Å²) in [5.74, 6) is 0.845. The molecule has 2 atom stereocenters. The molecule has 122 valence electrons. The van der Waals surface area contributed by atoms with E-state index in [1.165, 1.54) is 31.4 Å². The zero-order chi connectivity index (χ0) is 15.6. The molecule has 1 saturated heterocycles. The number of hydrogen-bond acceptors (Lipinski definition) is 5. The summed E-state index contributed by atoms with van der Waals surface area (Å²) in [5.41, 5.74) is 0.763. The van der Waals surface area contributed by atoms with Crippen LogP contribution >= 0.6 is 0 Å². The molecule has 1 aromatic carbocycles. The van der Waals surface area contributed by atoms with Crippen molar-refractivity contribution in [3.63, 3.8) is 0 Å². The summed E-state index contributed by atoms with van der Waals surface area (Å²) in [6, 6.07) is 6.59. The van der Waals surface area contributed by atoms with Gasteiger partial charge in [0.1, 0.15) is 5.82 Å². The Balaban J connectivity index is 1.47. The van der Waals surface area contributed by atoms with Gasteiger partial charge in [-0.2, -0.15) is 4.98 Å². The fourth-order valence-corrected chi connectivity index (χ4v) is 3.58. The van der Waals surface area contributed by atoms with Crippen LogP contribution in [-0.4, -0.2) is 40.3 Å². The largest absolute Gasteiger partial charge is 0.375 e. The Morgan fingerprint density at radius 2 is 2.00 bits per heavy atom. The zero-order valence-electron chi connectivity index (χ0n) is 12.9. The molecule has 1 aromatic heterocycles. The van der Waals surface area contributed by atoms with Crippen LogP contribution in [0.15, 0.2) is 28.8 Å². The highest BCUT2D eigenvalue weighted by molar-refractivity contribution is 5.53. The molecule has 1 saturated carbocycles. The van der Waals surface area contributed by atoms with Crippen molar-refractivity contribution in [3.05, 3.63) is 36.0 Å². The fraction of sp³-hybridized carbons (Fsp3) is 0.529. The van der Waals surface area contributed by atoms with Crippen LogP contribution in [0.3, 0.4) is 0 Å². The summed E-state index contributed by atoms with van der Waals surface area (Å²) in [5, 5.41) is 4.02. The average Bonchev–Trinajstić information content (AvgIpc) is 3.04. The molecule has 5 nitrogen and oxygen atoms in total. The second kappa shape index (κ2) is 6.37. The molecule has 2 aliphatic rings. The molecule has 0 unspecified atom stereocenters. The van der Waals surface area contributed by atoms with Gasteiger partial charge in [0.15, 0.2) is 0 Å². The van der Waals surface area contributed by atoms with Gasteiger partial charge in [0.25, 0.3) is 0 Å². The molecular weight excluding hydrogens is 297 g/mol. The summed E-state index contributed by atoms with van der Waals surface area (Å²) in [7, 11) is 0. The van der Waals surface area contributed by atoms with Gasteiger partial charge in [-0.25, -0.2) is 4.39 Å². The van der Waals surface area contributed by atoms with Crippen LogP contribution in [0.25, 0.3) is 11.4 Å². The predicted molar refractivity (Wildman–Crippen MR) is 82.1 cm³/mol. The second-order valence-electron chi connectivity index (χ2n) is 6.25. The van der Waals surface area contributed by atoms with Gasteiger partial charge in [-0.15, -0.1) is 0 Å². The molecule has 1 aliphatic carbocycles. The molecule has 0 radical (unpaired) electrons. The Bertz CT molecular complexity index is 656. The summed E-state index contributed by atoms with van der Waals surface area (Å²) in [6.45, 7) is 2.31. The molecule has 2 aromatic rings. The highest BCUT2D eigenvalue weighted by Crippen LogP contribution is 2.29. The van der Waals surface area contributed by atoms with Crippen LogP contribution in [0.2, 0.25) is 0 Å². The number of ether oxygens (including phenoxy) is 1. The molecule has 6 heteroatoms. The normalized spacial score (nSPS) is 25.3. The van der Waals surface area contributed by atoms with Gasteiger partial charge in [-0.1, -0.05) is 18.0 Å². The number of hydrogen-bond donors (Lipinski definition) is 0. The standard InChI is InChI=1S/C17H20FN3O2/c18-13-7-5-12(6-8-13)17-19-16(23-20-17)11-21-9-10-22-15-4-2-1-3-14(15)21/h5-8,14-15H,1-4,9-11H2/t14-,15-/m1/s1. The first-order chi connectivity index (χ1) is 11.3. The molecule has 0 spiro atoms. The van der Waals surface area contributed by atoms with Gasteiger partial charge >= 0.3 is 0 Å². The molecule has 1 aliphatic heterocycles. The van der Waals surface area contributed by atoms with Crippen LogP contribution < -0.4 is 0 Å². The van der Waals surface area contributed by atoms with Crippen LogP contribution in [0, 0.1) is 5.82 Å². The van der Waals surface area contributed by atoms with Crippen molar-refractivity contribution in [2.24, 2.45) is 0 Å². The van der Waals surface area contributed by atoms with Crippen LogP contribution in [0.1, 0.15) is 31.6 Å². The SMILES string of the molecule is Fc1ccc(-c2noc(CN3CCO[C@@H]4CCCC[C@H]43)n2)cc1. The van der Waals surface area contributed by atoms with Gasteiger partial charge in [-0.3, -0.25) is 4.90 Å². The molecule has 0 N–H and O–H groups in total. The third kappa shape index (κ3) is 3.14. The van der Waals surface area contributed by atoms with Crippen LogP contribution in [-0.2, 0) is 11.3 Å². The molecule has 0 amide bonds. The quantitative estimate of drug-likeness (QED) is 0.871. The molecule has 2 heterocycles. The lowest BCUT2D eigenvalue weighted by atomic mass is 9.90. The maximum atomic E-state index is 13.0. The van der Waals surface area contributed by atoms with E-state index in [-0.39, 0.29) is 5.82 Å². The van der Waals surface area contributed by atoms with E-state index in [9.17, 15) is 4.39 Å². The molecule has 23 heavy (non-hydrogen) atoms. The van der Waals surface area contributed by atoms with Gasteiger partial charge in [0.2, 0.25) is 11.7 Å². The third-order valence-electron chi connectivity index (χ3n) is 4.76. The van der Waals surface area contributed by atoms with Crippen molar-refractivity contribution < 1.29 is 13.7 Å². The monoisotopic (exact) mass is 317 g/mol. The van der Waals surface area contributed by atoms with E-state index in [1.54, 1.807) is 12.1 Å². The predicted octanol–water partition coefficient (Wildman–Crippen LogP) is 3.02. The Kier molecular flexibility index (Phi) is 4.10. The van der Waals surface area contributed by atoms with Gasteiger partial charge in [-0.05, 0) is 37.1 Å². The number of rotatable bonds is 3. The summed E-state index contributed by atoms with van der Waals surface area (Å²) >= 11 is 0. The third-order valence-corrected chi connectivity index (χ3v) is 4.76. The summed E-state index contributed by atoms with van der Waals surface area (Å²) in [4.78, 5) is 6.86. The maximum absolute atomic E-state index is 13.0. The van der Waals surface area contributed by atoms with Gasteiger partial charge in [0.05, 0.1) is 19.3 Å². The number of morpholine rings is 1. The Hall–Kier alpha value is -1.79. The highest BCUT2D eigenvalue weighted by Gasteiger charge is 2.34. The highest BCUT2D eigenvalue weighted by atomic mass is 19.1. The molecule has 0 bridgehead atoms. The number of nitrogens with zero attached hydrogens (tertiary/aromatic N) is 3. The van der Waals surface area contributed by atoms with Crippen molar-refractivity contribution in [3.8, 4) is 11.4 Å². The fourth-order valence-electron chi connectivity index (χ4n) is 3.58. The van der Waals surface area contributed by atoms with Crippen LogP contribution in [0.5, 0.6) is 0 Å². The number of benzene rings is 1. The smallest absolute Gasteiger partial charge is 0.241 e. The average molecular weight is 317 g/mol. The lowest BCUT2D eigenvalue weighted by Gasteiger charge is -2.43. The van der Waals surface area contributed by atoms with E-state index in [4.69, 9.17) is 9.26 Å². The lowest BCUT2D eigenvalue weighted by Crippen LogP contribution is -2.52. The molecule has 2 fully saturated rings. The second-order valence-corrected chi connectivity index (χ2v) is 6.25.